The number of thiophene rings is 1. The molecule has 4 rings (SSSR count). The molecule has 0 spiro atoms. The molecule has 1 aliphatic rings. The molecule has 3 aromatic rings. The van der Waals surface area contributed by atoms with Gasteiger partial charge in [-0.05, 0) is 48.4 Å². The summed E-state index contributed by atoms with van der Waals surface area (Å²) in [5, 5.41) is 11.3. The highest BCUT2D eigenvalue weighted by Crippen LogP contribution is 2.30. The monoisotopic (exact) mass is 351 g/mol. The van der Waals surface area contributed by atoms with E-state index < -0.39 is 0 Å². The summed E-state index contributed by atoms with van der Waals surface area (Å²) < 4.78 is 0. The van der Waals surface area contributed by atoms with Crippen molar-refractivity contribution in [3.05, 3.63) is 64.0 Å². The number of carbonyl (C=O) groups is 1. The number of hydrogen-bond donors (Lipinski definition) is 1. The van der Waals surface area contributed by atoms with Crippen molar-refractivity contribution < 1.29 is 4.79 Å². The molecule has 0 unspecified atom stereocenters. The molecule has 0 bridgehead atoms. The first kappa shape index (κ1) is 16.1. The van der Waals surface area contributed by atoms with Crippen LogP contribution in [0, 0.1) is 6.92 Å². The topological polar surface area (TPSA) is 49.0 Å². The Labute approximate surface area is 151 Å². The minimum Gasteiger partial charge on any atom is -0.337 e. The van der Waals surface area contributed by atoms with E-state index in [1.54, 1.807) is 11.3 Å². The second-order valence-electron chi connectivity index (χ2n) is 6.63. The van der Waals surface area contributed by atoms with Crippen molar-refractivity contribution in [2.75, 3.05) is 13.1 Å². The van der Waals surface area contributed by atoms with Gasteiger partial charge < -0.3 is 4.90 Å². The maximum absolute atomic E-state index is 12.9. The van der Waals surface area contributed by atoms with Gasteiger partial charge in [-0.15, -0.1) is 0 Å². The number of carbonyl (C=O) groups excluding carboxylic acids is 1. The molecule has 0 aliphatic carbocycles. The summed E-state index contributed by atoms with van der Waals surface area (Å²) in [4.78, 5) is 14.9. The summed E-state index contributed by atoms with van der Waals surface area (Å²) in [7, 11) is 0. The van der Waals surface area contributed by atoms with Crippen LogP contribution < -0.4 is 0 Å². The number of amides is 1. The Balaban J connectivity index is 1.51. The van der Waals surface area contributed by atoms with E-state index in [0.29, 0.717) is 11.6 Å². The zero-order valence-corrected chi connectivity index (χ0v) is 15.1. The highest BCUT2D eigenvalue weighted by molar-refractivity contribution is 7.08. The molecular formula is C20H21N3OS. The van der Waals surface area contributed by atoms with Crippen LogP contribution in [0.4, 0.5) is 0 Å². The zero-order chi connectivity index (χ0) is 17.2. The lowest BCUT2D eigenvalue weighted by atomic mass is 9.88. The van der Waals surface area contributed by atoms with Gasteiger partial charge in [-0.2, -0.15) is 16.4 Å². The van der Waals surface area contributed by atoms with Crippen molar-refractivity contribution in [1.29, 1.82) is 0 Å². The van der Waals surface area contributed by atoms with E-state index in [-0.39, 0.29) is 5.91 Å². The molecule has 25 heavy (non-hydrogen) atoms. The van der Waals surface area contributed by atoms with Gasteiger partial charge in [0.2, 0.25) is 0 Å². The van der Waals surface area contributed by atoms with Crippen molar-refractivity contribution >= 4 is 17.2 Å². The number of aromatic nitrogens is 2. The molecule has 1 fully saturated rings. The number of nitrogens with one attached hydrogen (secondary N) is 1. The summed E-state index contributed by atoms with van der Waals surface area (Å²) in [6.07, 6.45) is 2.17. The number of aryl methyl sites for hydroxylation is 1. The molecule has 1 saturated heterocycles. The van der Waals surface area contributed by atoms with Crippen molar-refractivity contribution in [3.63, 3.8) is 0 Å². The standard InChI is InChI=1S/C20H21N3OS/c1-14-5-2-3-7-17(14)15-6-4-9-23(12-15)20(24)19-11-18(21-22-19)16-8-10-25-13-16/h2-3,5,7-8,10-11,13,15H,4,6,9,12H2,1H3,(H,21,22)/t15-/m0/s1. The zero-order valence-electron chi connectivity index (χ0n) is 14.2. The Morgan fingerprint density at radius 1 is 1.32 bits per heavy atom. The highest BCUT2D eigenvalue weighted by Gasteiger charge is 2.27. The lowest BCUT2D eigenvalue weighted by Gasteiger charge is -2.33. The van der Waals surface area contributed by atoms with Gasteiger partial charge in [0, 0.05) is 30.0 Å². The number of piperidine rings is 1. The minimum atomic E-state index is 0.0484. The number of rotatable bonds is 3. The van der Waals surface area contributed by atoms with Gasteiger partial charge in [0.25, 0.3) is 5.91 Å². The van der Waals surface area contributed by atoms with E-state index >= 15 is 0 Å². The molecule has 4 nitrogen and oxygen atoms in total. The fraction of sp³-hybridized carbons (Fsp3) is 0.300. The number of nitrogens with zero attached hydrogens (tertiary/aromatic N) is 2. The van der Waals surface area contributed by atoms with Gasteiger partial charge in [0.05, 0.1) is 5.69 Å². The predicted molar refractivity (Wildman–Crippen MR) is 101 cm³/mol. The smallest absolute Gasteiger partial charge is 0.271 e. The largest absolute Gasteiger partial charge is 0.337 e. The number of H-pyrrole nitrogens is 1. The third-order valence-electron chi connectivity index (χ3n) is 4.96. The van der Waals surface area contributed by atoms with Crippen LogP contribution in [0.3, 0.4) is 0 Å². The van der Waals surface area contributed by atoms with E-state index in [1.165, 1.54) is 11.1 Å². The van der Waals surface area contributed by atoms with Crippen LogP contribution >= 0.6 is 11.3 Å². The third kappa shape index (κ3) is 3.24. The Morgan fingerprint density at radius 3 is 3.00 bits per heavy atom. The Kier molecular flexibility index (Phi) is 4.40. The molecule has 5 heteroatoms. The lowest BCUT2D eigenvalue weighted by Crippen LogP contribution is -2.39. The maximum Gasteiger partial charge on any atom is 0.271 e. The van der Waals surface area contributed by atoms with E-state index in [0.717, 1.165) is 37.2 Å². The number of hydrogen-bond acceptors (Lipinski definition) is 3. The first-order chi connectivity index (χ1) is 12.2. The van der Waals surface area contributed by atoms with E-state index in [9.17, 15) is 4.79 Å². The molecule has 1 N–H and O–H groups in total. The molecule has 0 saturated carbocycles. The first-order valence-electron chi connectivity index (χ1n) is 8.65. The normalized spacial score (nSPS) is 17.6. The van der Waals surface area contributed by atoms with Gasteiger partial charge in [-0.1, -0.05) is 24.3 Å². The lowest BCUT2D eigenvalue weighted by molar-refractivity contribution is 0.0701. The van der Waals surface area contributed by atoms with Crippen LogP contribution in [0.15, 0.2) is 47.2 Å². The summed E-state index contributed by atoms with van der Waals surface area (Å²) in [6, 6.07) is 12.4. The van der Waals surface area contributed by atoms with Crippen molar-refractivity contribution in [2.24, 2.45) is 0 Å². The van der Waals surface area contributed by atoms with Gasteiger partial charge in [-0.3, -0.25) is 9.89 Å². The van der Waals surface area contributed by atoms with Crippen molar-refractivity contribution in [2.45, 2.75) is 25.7 Å². The van der Waals surface area contributed by atoms with Crippen LogP contribution in [-0.2, 0) is 0 Å². The van der Waals surface area contributed by atoms with Gasteiger partial charge in [0.1, 0.15) is 5.69 Å². The van der Waals surface area contributed by atoms with Crippen LogP contribution in [0.1, 0.15) is 40.4 Å². The summed E-state index contributed by atoms with van der Waals surface area (Å²) >= 11 is 1.63. The Bertz CT molecular complexity index is 869. The maximum atomic E-state index is 12.9. The Hall–Kier alpha value is -2.40. The van der Waals surface area contributed by atoms with E-state index in [1.807, 2.05) is 27.8 Å². The van der Waals surface area contributed by atoms with Crippen molar-refractivity contribution in [3.8, 4) is 11.3 Å². The number of likely N-dealkylation sites (tertiary alicyclic amines) is 1. The molecule has 1 atom stereocenters. The molecule has 0 radical (unpaired) electrons. The van der Waals surface area contributed by atoms with Gasteiger partial charge in [0.15, 0.2) is 0 Å². The van der Waals surface area contributed by atoms with Gasteiger partial charge in [-0.25, -0.2) is 0 Å². The Morgan fingerprint density at radius 2 is 2.20 bits per heavy atom. The highest BCUT2D eigenvalue weighted by atomic mass is 32.1. The SMILES string of the molecule is Cc1ccccc1[C@H]1CCCN(C(=O)c2cc(-c3ccsc3)n[nH]2)C1. The summed E-state index contributed by atoms with van der Waals surface area (Å²) in [6.45, 7) is 3.74. The fourth-order valence-corrected chi connectivity index (χ4v) is 4.27. The summed E-state index contributed by atoms with van der Waals surface area (Å²) in [5.41, 5.74) is 5.13. The first-order valence-corrected chi connectivity index (χ1v) is 9.59. The van der Waals surface area contributed by atoms with Gasteiger partial charge >= 0.3 is 0 Å². The molecular weight excluding hydrogens is 330 g/mol. The van der Waals surface area contributed by atoms with Crippen LogP contribution in [-0.4, -0.2) is 34.1 Å². The van der Waals surface area contributed by atoms with E-state index in [2.05, 4.69) is 41.4 Å². The summed E-state index contributed by atoms with van der Waals surface area (Å²) in [5.74, 6) is 0.463. The quantitative estimate of drug-likeness (QED) is 0.757. The second kappa shape index (κ2) is 6.84. The van der Waals surface area contributed by atoms with E-state index in [4.69, 9.17) is 0 Å². The van der Waals surface area contributed by atoms with Crippen LogP contribution in [0.2, 0.25) is 0 Å². The fourth-order valence-electron chi connectivity index (χ4n) is 3.62. The predicted octanol–water partition coefficient (Wildman–Crippen LogP) is 4.47. The molecule has 2 aromatic heterocycles. The molecule has 3 heterocycles. The van der Waals surface area contributed by atoms with Crippen LogP contribution in [0.5, 0.6) is 0 Å². The van der Waals surface area contributed by atoms with Crippen LogP contribution in [0.25, 0.3) is 11.3 Å². The molecule has 1 aliphatic heterocycles. The minimum absolute atomic E-state index is 0.0484. The third-order valence-corrected chi connectivity index (χ3v) is 5.65. The molecule has 128 valence electrons. The number of benzene rings is 1. The average molecular weight is 351 g/mol. The molecule has 1 amide bonds. The molecule has 1 aromatic carbocycles. The average Bonchev–Trinajstić information content (AvgIpc) is 3.33. The second-order valence-corrected chi connectivity index (χ2v) is 7.41. The number of aromatic amines is 1. The van der Waals surface area contributed by atoms with Crippen molar-refractivity contribution in [1.82, 2.24) is 15.1 Å².